The summed E-state index contributed by atoms with van der Waals surface area (Å²) in [5, 5.41) is 3.62. The van der Waals surface area contributed by atoms with Crippen molar-refractivity contribution in [3.8, 4) is 0 Å². The number of methoxy groups -OCH3 is 1. The molecule has 2 unspecified atom stereocenters. The van der Waals surface area contributed by atoms with Crippen LogP contribution in [0.4, 0.5) is 0 Å². The van der Waals surface area contributed by atoms with Crippen molar-refractivity contribution in [2.45, 2.75) is 57.5 Å². The van der Waals surface area contributed by atoms with Crippen molar-refractivity contribution in [2.24, 2.45) is 11.8 Å². The summed E-state index contributed by atoms with van der Waals surface area (Å²) in [6.07, 6.45) is 6.46. The number of likely N-dealkylation sites (N-methyl/N-ethyl adjacent to an activating group) is 2. The zero-order chi connectivity index (χ0) is 14.5. The van der Waals surface area contributed by atoms with Crippen LogP contribution in [0.25, 0.3) is 0 Å². The molecular weight excluding hydrogens is 236 g/mol. The lowest BCUT2D eigenvalue weighted by Gasteiger charge is -2.51. The van der Waals surface area contributed by atoms with Crippen molar-refractivity contribution in [1.29, 1.82) is 0 Å². The summed E-state index contributed by atoms with van der Waals surface area (Å²) in [6.45, 7) is 5.62. The zero-order valence-electron chi connectivity index (χ0n) is 13.8. The average molecular weight is 270 g/mol. The molecule has 0 aromatic carbocycles. The molecule has 0 radical (unpaired) electrons. The second-order valence-corrected chi connectivity index (χ2v) is 6.71. The Morgan fingerprint density at radius 2 is 1.89 bits per heavy atom. The van der Waals surface area contributed by atoms with Gasteiger partial charge in [0.15, 0.2) is 0 Å². The Balaban J connectivity index is 2.82. The van der Waals surface area contributed by atoms with E-state index in [1.807, 2.05) is 0 Å². The molecule has 0 aliphatic heterocycles. The highest BCUT2D eigenvalue weighted by Crippen LogP contribution is 2.40. The molecule has 1 saturated carbocycles. The molecule has 0 spiro atoms. The lowest BCUT2D eigenvalue weighted by atomic mass is 9.68. The van der Waals surface area contributed by atoms with Gasteiger partial charge in [-0.15, -0.1) is 0 Å². The van der Waals surface area contributed by atoms with Crippen LogP contribution in [-0.2, 0) is 4.74 Å². The van der Waals surface area contributed by atoms with E-state index in [1.54, 1.807) is 7.11 Å². The van der Waals surface area contributed by atoms with Crippen LogP contribution >= 0.6 is 0 Å². The third kappa shape index (κ3) is 3.93. The molecule has 1 N–H and O–H groups in total. The van der Waals surface area contributed by atoms with Gasteiger partial charge in [0.25, 0.3) is 0 Å². The molecule has 1 rings (SSSR count). The maximum Gasteiger partial charge on any atom is 0.0465 e. The predicted octanol–water partition coefficient (Wildman–Crippen LogP) is 2.76. The van der Waals surface area contributed by atoms with Gasteiger partial charge in [-0.3, -0.25) is 0 Å². The van der Waals surface area contributed by atoms with Crippen molar-refractivity contribution in [3.63, 3.8) is 0 Å². The summed E-state index contributed by atoms with van der Waals surface area (Å²) in [7, 11) is 8.43. The van der Waals surface area contributed by atoms with Crippen molar-refractivity contribution in [3.05, 3.63) is 0 Å². The van der Waals surface area contributed by atoms with Crippen LogP contribution in [0.1, 0.15) is 46.0 Å². The number of rotatable bonds is 7. The maximum atomic E-state index is 5.26. The maximum absolute atomic E-state index is 5.26. The first-order valence-electron chi connectivity index (χ1n) is 7.81. The Bertz CT molecular complexity index is 247. The number of nitrogens with one attached hydrogen (secondary N) is 1. The molecule has 3 nitrogen and oxygen atoms in total. The van der Waals surface area contributed by atoms with Crippen LogP contribution in [0.3, 0.4) is 0 Å². The van der Waals surface area contributed by atoms with Gasteiger partial charge >= 0.3 is 0 Å². The molecule has 1 aliphatic carbocycles. The Morgan fingerprint density at radius 3 is 2.32 bits per heavy atom. The lowest BCUT2D eigenvalue weighted by molar-refractivity contribution is 0.0208. The van der Waals surface area contributed by atoms with Gasteiger partial charge in [-0.05, 0) is 65.1 Å². The van der Waals surface area contributed by atoms with E-state index in [9.17, 15) is 0 Å². The highest BCUT2D eigenvalue weighted by atomic mass is 16.5. The predicted molar refractivity (Wildman–Crippen MR) is 82.6 cm³/mol. The van der Waals surface area contributed by atoms with Crippen molar-refractivity contribution < 1.29 is 4.74 Å². The van der Waals surface area contributed by atoms with E-state index in [1.165, 1.54) is 25.7 Å². The fraction of sp³-hybridized carbons (Fsp3) is 1.00. The number of hydrogen-bond acceptors (Lipinski definition) is 3. The van der Waals surface area contributed by atoms with E-state index in [0.29, 0.717) is 17.5 Å². The minimum absolute atomic E-state index is 0.314. The van der Waals surface area contributed by atoms with E-state index in [2.05, 4.69) is 45.2 Å². The van der Waals surface area contributed by atoms with Crippen LogP contribution in [0.15, 0.2) is 0 Å². The van der Waals surface area contributed by atoms with Gasteiger partial charge in [-0.25, -0.2) is 0 Å². The third-order valence-corrected chi connectivity index (χ3v) is 5.27. The topological polar surface area (TPSA) is 24.5 Å². The monoisotopic (exact) mass is 270 g/mol. The van der Waals surface area contributed by atoms with E-state index in [4.69, 9.17) is 4.74 Å². The number of hydrogen-bond donors (Lipinski definition) is 1. The first-order chi connectivity index (χ1) is 8.97. The molecule has 0 aromatic heterocycles. The Morgan fingerprint density at radius 1 is 1.32 bits per heavy atom. The van der Waals surface area contributed by atoms with Crippen LogP contribution in [0.2, 0.25) is 0 Å². The molecule has 114 valence electrons. The van der Waals surface area contributed by atoms with Crippen molar-refractivity contribution in [1.82, 2.24) is 10.2 Å². The first kappa shape index (κ1) is 16.9. The molecule has 0 bridgehead atoms. The lowest BCUT2D eigenvalue weighted by Crippen LogP contribution is -2.62. The molecule has 3 heteroatoms. The minimum atomic E-state index is 0.314. The van der Waals surface area contributed by atoms with Crippen molar-refractivity contribution in [2.75, 3.05) is 34.9 Å². The first-order valence-corrected chi connectivity index (χ1v) is 7.81. The van der Waals surface area contributed by atoms with Crippen LogP contribution in [0, 0.1) is 11.8 Å². The molecule has 19 heavy (non-hydrogen) atoms. The van der Waals surface area contributed by atoms with Crippen LogP contribution < -0.4 is 5.32 Å². The van der Waals surface area contributed by atoms with E-state index < -0.39 is 0 Å². The fourth-order valence-corrected chi connectivity index (χ4v) is 3.85. The molecule has 0 amide bonds. The van der Waals surface area contributed by atoms with E-state index in [-0.39, 0.29) is 0 Å². The summed E-state index contributed by atoms with van der Waals surface area (Å²) >= 11 is 0. The highest BCUT2D eigenvalue weighted by molar-refractivity contribution is 5.02. The second kappa shape index (κ2) is 7.61. The SMILES string of the molecule is CNC(C(C)CCOC)C1(N(C)C)CCC(C)CC1. The van der Waals surface area contributed by atoms with Gasteiger partial charge in [0.2, 0.25) is 0 Å². The Hall–Kier alpha value is -0.120. The van der Waals surface area contributed by atoms with Gasteiger partial charge < -0.3 is 15.0 Å². The smallest absolute Gasteiger partial charge is 0.0465 e. The van der Waals surface area contributed by atoms with Gasteiger partial charge in [0, 0.05) is 25.3 Å². The summed E-state index contributed by atoms with van der Waals surface area (Å²) in [5.41, 5.74) is 0.314. The Labute approximate surface area is 120 Å². The number of ether oxygens (including phenoxy) is 1. The van der Waals surface area contributed by atoms with E-state index in [0.717, 1.165) is 18.9 Å². The Kier molecular flexibility index (Phi) is 6.78. The van der Waals surface area contributed by atoms with Crippen LogP contribution in [0.5, 0.6) is 0 Å². The standard InChI is InChI=1S/C16H34N2O/c1-13-7-10-16(11-8-13,18(4)5)15(17-3)14(2)9-12-19-6/h13-15,17H,7-12H2,1-6H3. The molecule has 1 fully saturated rings. The van der Waals surface area contributed by atoms with Crippen LogP contribution in [-0.4, -0.2) is 51.3 Å². The third-order valence-electron chi connectivity index (χ3n) is 5.27. The van der Waals surface area contributed by atoms with Crippen molar-refractivity contribution >= 4 is 0 Å². The van der Waals surface area contributed by atoms with E-state index >= 15 is 0 Å². The summed E-state index contributed by atoms with van der Waals surface area (Å²) in [6, 6.07) is 0.546. The van der Waals surface area contributed by atoms with Gasteiger partial charge in [-0.1, -0.05) is 13.8 Å². The fourth-order valence-electron chi connectivity index (χ4n) is 3.85. The molecular formula is C16H34N2O. The molecule has 0 aromatic rings. The molecule has 1 aliphatic rings. The average Bonchev–Trinajstić information content (AvgIpc) is 2.39. The summed E-state index contributed by atoms with van der Waals surface area (Å²) in [4.78, 5) is 2.48. The second-order valence-electron chi connectivity index (χ2n) is 6.71. The largest absolute Gasteiger partial charge is 0.385 e. The highest BCUT2D eigenvalue weighted by Gasteiger charge is 2.44. The molecule has 0 heterocycles. The minimum Gasteiger partial charge on any atom is -0.385 e. The molecule has 2 atom stereocenters. The van der Waals surface area contributed by atoms with Gasteiger partial charge in [0.1, 0.15) is 0 Å². The zero-order valence-corrected chi connectivity index (χ0v) is 13.8. The quantitative estimate of drug-likeness (QED) is 0.770. The molecule has 0 saturated heterocycles. The van der Waals surface area contributed by atoms with Gasteiger partial charge in [-0.2, -0.15) is 0 Å². The number of nitrogens with zero attached hydrogens (tertiary/aromatic N) is 1. The normalized spacial score (nSPS) is 31.4. The summed E-state index contributed by atoms with van der Waals surface area (Å²) < 4.78 is 5.26. The summed E-state index contributed by atoms with van der Waals surface area (Å²) in [5.74, 6) is 1.53. The van der Waals surface area contributed by atoms with Gasteiger partial charge in [0.05, 0.1) is 0 Å².